The molecule has 0 bridgehead atoms. The van der Waals surface area contributed by atoms with Gasteiger partial charge >= 0.3 is 0 Å². The van der Waals surface area contributed by atoms with Crippen molar-refractivity contribution in [2.45, 2.75) is 26.3 Å². The van der Waals surface area contributed by atoms with Gasteiger partial charge < -0.3 is 15.4 Å². The van der Waals surface area contributed by atoms with Crippen LogP contribution in [0.2, 0.25) is 0 Å². The van der Waals surface area contributed by atoms with Crippen molar-refractivity contribution in [1.82, 2.24) is 15.5 Å². The first-order chi connectivity index (χ1) is 10.9. The number of rotatable bonds is 8. The number of thiophene rings is 1. The average molecular weight is 452 g/mol. The van der Waals surface area contributed by atoms with E-state index in [0.29, 0.717) is 0 Å². The smallest absolute Gasteiger partial charge is 0.191 e. The number of ether oxygens (including phenoxy) is 1. The number of morpholine rings is 1. The van der Waals surface area contributed by atoms with Crippen LogP contribution in [0, 0.1) is 0 Å². The minimum Gasteiger partial charge on any atom is -0.379 e. The molecule has 0 spiro atoms. The van der Waals surface area contributed by atoms with E-state index in [4.69, 9.17) is 4.74 Å². The van der Waals surface area contributed by atoms with Gasteiger partial charge in [-0.2, -0.15) is 0 Å². The van der Waals surface area contributed by atoms with Gasteiger partial charge in [0, 0.05) is 31.1 Å². The first kappa shape index (κ1) is 20.7. The quantitative estimate of drug-likeness (QED) is 0.276. The van der Waals surface area contributed by atoms with E-state index in [-0.39, 0.29) is 24.0 Å². The van der Waals surface area contributed by atoms with Crippen LogP contribution in [0.1, 0.15) is 24.6 Å². The number of guanidine groups is 1. The number of unbranched alkanes of at least 4 members (excludes halogenated alkanes) is 1. The molecule has 1 aromatic heterocycles. The molecule has 23 heavy (non-hydrogen) atoms. The third kappa shape index (κ3) is 8.88. The third-order valence-corrected chi connectivity index (χ3v) is 4.48. The monoisotopic (exact) mass is 452 g/mol. The third-order valence-electron chi connectivity index (χ3n) is 3.61. The molecule has 0 unspecified atom stereocenters. The summed E-state index contributed by atoms with van der Waals surface area (Å²) in [5.41, 5.74) is 0. The Morgan fingerprint density at radius 3 is 2.83 bits per heavy atom. The molecule has 0 amide bonds. The van der Waals surface area contributed by atoms with Gasteiger partial charge in [0.05, 0.1) is 19.8 Å². The summed E-state index contributed by atoms with van der Waals surface area (Å²) in [7, 11) is 0. The van der Waals surface area contributed by atoms with Gasteiger partial charge in [-0.25, -0.2) is 4.99 Å². The summed E-state index contributed by atoms with van der Waals surface area (Å²) in [6.45, 7) is 9.83. The second-order valence-electron chi connectivity index (χ2n) is 5.36. The van der Waals surface area contributed by atoms with Crippen molar-refractivity contribution in [3.63, 3.8) is 0 Å². The van der Waals surface area contributed by atoms with Crippen molar-refractivity contribution in [2.75, 3.05) is 45.9 Å². The molecule has 0 atom stereocenters. The lowest BCUT2D eigenvalue weighted by Gasteiger charge is -2.26. The van der Waals surface area contributed by atoms with E-state index in [1.54, 1.807) is 11.3 Å². The van der Waals surface area contributed by atoms with Crippen molar-refractivity contribution < 1.29 is 4.74 Å². The first-order valence-electron chi connectivity index (χ1n) is 8.23. The molecule has 1 fully saturated rings. The lowest BCUT2D eigenvalue weighted by Crippen LogP contribution is -2.39. The van der Waals surface area contributed by atoms with Crippen molar-refractivity contribution in [3.05, 3.63) is 22.4 Å². The summed E-state index contributed by atoms with van der Waals surface area (Å²) in [4.78, 5) is 8.40. The Bertz CT molecular complexity index is 422. The molecule has 7 heteroatoms. The van der Waals surface area contributed by atoms with Gasteiger partial charge in [-0.1, -0.05) is 6.07 Å². The van der Waals surface area contributed by atoms with Gasteiger partial charge in [0.15, 0.2) is 5.96 Å². The van der Waals surface area contributed by atoms with E-state index in [0.717, 1.165) is 51.9 Å². The Morgan fingerprint density at radius 1 is 1.30 bits per heavy atom. The standard InChI is InChI=1S/C16H28N4OS.HI/c1-2-17-16(19-14-15-6-5-13-22-15)18-7-3-4-8-20-9-11-21-12-10-20;/h5-6,13H,2-4,7-12,14H2,1H3,(H2,17,18,19);1H. The number of hydrogen-bond acceptors (Lipinski definition) is 4. The molecule has 1 aromatic rings. The fourth-order valence-electron chi connectivity index (χ4n) is 2.39. The van der Waals surface area contributed by atoms with Crippen LogP contribution < -0.4 is 10.6 Å². The Labute approximate surface area is 160 Å². The van der Waals surface area contributed by atoms with Crippen LogP contribution in [0.3, 0.4) is 0 Å². The first-order valence-corrected chi connectivity index (χ1v) is 9.11. The summed E-state index contributed by atoms with van der Waals surface area (Å²) in [6, 6.07) is 4.20. The van der Waals surface area contributed by atoms with Crippen LogP contribution in [-0.2, 0) is 11.3 Å². The molecule has 0 aliphatic carbocycles. The molecular weight excluding hydrogens is 423 g/mol. The van der Waals surface area contributed by atoms with Crippen LogP contribution in [0.15, 0.2) is 22.5 Å². The zero-order chi connectivity index (χ0) is 15.5. The molecule has 2 rings (SSSR count). The minimum atomic E-state index is 0. The van der Waals surface area contributed by atoms with Gasteiger partial charge in [0.25, 0.3) is 0 Å². The van der Waals surface area contributed by atoms with Gasteiger partial charge in [-0.15, -0.1) is 35.3 Å². The minimum absolute atomic E-state index is 0. The van der Waals surface area contributed by atoms with Crippen LogP contribution in [0.25, 0.3) is 0 Å². The van der Waals surface area contributed by atoms with Crippen molar-refractivity contribution in [2.24, 2.45) is 4.99 Å². The summed E-state index contributed by atoms with van der Waals surface area (Å²) in [5.74, 6) is 0.919. The topological polar surface area (TPSA) is 48.9 Å². The molecule has 2 N–H and O–H groups in total. The van der Waals surface area contributed by atoms with Crippen LogP contribution >= 0.6 is 35.3 Å². The highest BCUT2D eigenvalue weighted by atomic mass is 127. The second-order valence-corrected chi connectivity index (χ2v) is 6.39. The average Bonchev–Trinajstić information content (AvgIpc) is 3.06. The Morgan fingerprint density at radius 2 is 2.13 bits per heavy atom. The van der Waals surface area contributed by atoms with Gasteiger partial charge in [0.1, 0.15) is 0 Å². The van der Waals surface area contributed by atoms with Crippen LogP contribution in [0.4, 0.5) is 0 Å². The van der Waals surface area contributed by atoms with Crippen molar-refractivity contribution in [1.29, 1.82) is 0 Å². The van der Waals surface area contributed by atoms with E-state index in [9.17, 15) is 0 Å². The maximum Gasteiger partial charge on any atom is 0.191 e. The predicted octanol–water partition coefficient (Wildman–Crippen LogP) is 2.53. The van der Waals surface area contributed by atoms with Gasteiger partial charge in [-0.3, -0.25) is 4.90 Å². The molecule has 2 heterocycles. The Hall–Kier alpha value is -0.380. The molecule has 132 valence electrons. The molecule has 1 aliphatic rings. The number of nitrogens with one attached hydrogen (secondary N) is 2. The summed E-state index contributed by atoms with van der Waals surface area (Å²) in [6.07, 6.45) is 2.39. The number of aliphatic imine (C=N–C) groups is 1. The van der Waals surface area contributed by atoms with Crippen molar-refractivity contribution >= 4 is 41.3 Å². The maximum atomic E-state index is 5.37. The van der Waals surface area contributed by atoms with Crippen LogP contribution in [-0.4, -0.2) is 56.8 Å². The van der Waals surface area contributed by atoms with E-state index >= 15 is 0 Å². The van der Waals surface area contributed by atoms with Crippen LogP contribution in [0.5, 0.6) is 0 Å². The second kappa shape index (κ2) is 13.0. The summed E-state index contributed by atoms with van der Waals surface area (Å²) >= 11 is 1.75. The highest BCUT2D eigenvalue weighted by molar-refractivity contribution is 14.0. The molecular formula is C16H29IN4OS. The number of halogens is 1. The van der Waals surface area contributed by atoms with E-state index in [1.165, 1.54) is 24.3 Å². The highest BCUT2D eigenvalue weighted by Gasteiger charge is 2.09. The largest absolute Gasteiger partial charge is 0.379 e. The fraction of sp³-hybridized carbons (Fsp3) is 0.688. The molecule has 1 aliphatic heterocycles. The number of nitrogens with zero attached hydrogens (tertiary/aromatic N) is 2. The fourth-order valence-corrected chi connectivity index (χ4v) is 3.02. The van der Waals surface area contributed by atoms with Gasteiger partial charge in [0.2, 0.25) is 0 Å². The summed E-state index contributed by atoms with van der Waals surface area (Å²) < 4.78 is 5.37. The molecule has 0 aromatic carbocycles. The lowest BCUT2D eigenvalue weighted by molar-refractivity contribution is 0.0372. The molecule has 5 nitrogen and oxygen atoms in total. The molecule has 0 radical (unpaired) electrons. The SMILES string of the molecule is CCNC(=NCc1cccs1)NCCCCN1CCOCC1.I. The van der Waals surface area contributed by atoms with Gasteiger partial charge in [-0.05, 0) is 37.8 Å². The lowest BCUT2D eigenvalue weighted by atomic mass is 10.3. The molecule has 0 saturated carbocycles. The zero-order valence-electron chi connectivity index (χ0n) is 13.9. The Kier molecular flexibility index (Phi) is 11.7. The normalized spacial score (nSPS) is 16.0. The zero-order valence-corrected chi connectivity index (χ0v) is 17.1. The van der Waals surface area contributed by atoms with E-state index in [2.05, 4.69) is 45.0 Å². The summed E-state index contributed by atoms with van der Waals surface area (Å²) in [5, 5.41) is 8.82. The van der Waals surface area contributed by atoms with E-state index in [1.807, 2.05) is 0 Å². The predicted molar refractivity (Wildman–Crippen MR) is 109 cm³/mol. The Balaban J connectivity index is 0.00000264. The maximum absolute atomic E-state index is 5.37. The highest BCUT2D eigenvalue weighted by Crippen LogP contribution is 2.09. The van der Waals surface area contributed by atoms with Crippen molar-refractivity contribution in [3.8, 4) is 0 Å². The number of hydrogen-bond donors (Lipinski definition) is 2. The molecule has 1 saturated heterocycles. The van der Waals surface area contributed by atoms with E-state index < -0.39 is 0 Å².